The van der Waals surface area contributed by atoms with E-state index in [9.17, 15) is 14.7 Å². The molecule has 0 saturated carbocycles. The van der Waals surface area contributed by atoms with E-state index >= 15 is 0 Å². The zero-order valence-corrected chi connectivity index (χ0v) is 81.8. The maximum absolute atomic E-state index is 11.7. The minimum Gasteiger partial charge on any atom is -0.395 e. The number of imidazole rings is 6. The third-order valence-corrected chi connectivity index (χ3v) is 25.0. The molecule has 28 nitrogen and oxygen atoms in total. The molecule has 0 aliphatic rings. The van der Waals surface area contributed by atoms with Crippen molar-refractivity contribution < 1.29 is 14.7 Å². The Labute approximate surface area is 785 Å². The number of aliphatic hydroxyl groups excluding tert-OH is 1. The van der Waals surface area contributed by atoms with Crippen molar-refractivity contribution in [2.45, 2.75) is 265 Å². The normalized spacial score (nSPS) is 11.5. The number of halogens is 1. The fourth-order valence-corrected chi connectivity index (χ4v) is 18.1. The number of benzene rings is 6. The topological polar surface area (TPSA) is 421 Å². The van der Waals surface area contributed by atoms with Gasteiger partial charge in [0.2, 0.25) is 0 Å². The monoisotopic (exact) mass is 1860 g/mol. The van der Waals surface area contributed by atoms with Gasteiger partial charge in [0.1, 0.15) is 68.0 Å². The first-order valence-electron chi connectivity index (χ1n) is 47.6. The van der Waals surface area contributed by atoms with Crippen LogP contribution in [0.3, 0.4) is 0 Å². The van der Waals surface area contributed by atoms with Crippen molar-refractivity contribution in [2.75, 3.05) is 47.6 Å². The maximum atomic E-state index is 11.7. The summed E-state index contributed by atoms with van der Waals surface area (Å²) in [7, 11) is 0. The van der Waals surface area contributed by atoms with Crippen LogP contribution >= 0.6 is 15.9 Å². The molecule has 698 valence electrons. The maximum Gasteiger partial charge on any atom is 0.159 e. The number of fused-ring (bicyclic) bond motifs is 18. The molecule has 18 aromatic rings. The van der Waals surface area contributed by atoms with E-state index < -0.39 is 0 Å². The molecule has 0 aliphatic heterocycles. The SMILES string of the molecule is CCCCc1nc2c(N)nc3cc(C(C)=O)ccc3c2n1CCC.CCCCc1nc2c(N)nc3cc(C(C)=O)ccc3c2n1CCO.CCCCn1c(CC)nc2c(N)nc3cc(C)ccc3c21.CCCCn1c(CC)nc2c(N)nc3cc(C)ccc3c21.CCCCn1c(CC)nc2c(N)nc3ccc(Br)cc3c21.CCc1nc2c(N)nc3cc(C)ccc3c2n1CCCCN. The molecule has 0 atom stereocenters. The van der Waals surface area contributed by atoms with E-state index in [1.807, 2.05) is 41.0 Å². The third-order valence-electron chi connectivity index (χ3n) is 24.5. The fourth-order valence-electron chi connectivity index (χ4n) is 17.7. The standard InChI is InChI=1S/C19H24N4O.C18H22N4O2.C17H23N5.2C17H22N4.C16H19BrN4/c1-4-6-7-16-22-17-18(23(16)10-5-2)14-9-8-13(12(3)24)11-15(14)21-19(17)20;1-3-4-5-15-21-16-17(22(15)8-9-23)13-7-6-12(11(2)24)10-14(13)20-18(16)19;1-3-14-21-15-16(22(14)9-5-4-8-18)12-7-6-11(2)10-13(12)20-17(15)19;2*1-4-6-9-21-14(5-2)20-15-16(21)12-8-7-11(3)10-13(12)19-17(15)18;1-3-5-8-21-13(4-2)20-14-15(21)11-9-10(17)6-7-12(11)19-16(14)18/h8-9,11H,4-7,10H2,1-3H3,(H2,20,21);6-7,10,23H,3-5,8-9H2,1-2H3,(H2,19,20);6-7,10H,3-5,8-9,18H2,1-2H3,(H2,19,20);2*7-8,10H,4-6,9H2,1-3H3,(H2,18,19);6-7,9H,3-5,8H2,1-2H3,(H2,18,19). The van der Waals surface area contributed by atoms with Gasteiger partial charge in [-0.05, 0) is 170 Å². The number of carbonyl (C=O) groups excluding carboxylic acids is 2. The molecule has 0 spiro atoms. The van der Waals surface area contributed by atoms with Crippen LogP contribution in [-0.2, 0) is 77.8 Å². The van der Waals surface area contributed by atoms with Crippen LogP contribution in [0.5, 0.6) is 0 Å². The van der Waals surface area contributed by atoms with Crippen LogP contribution < -0.4 is 40.1 Å². The van der Waals surface area contributed by atoms with E-state index in [2.05, 4.69) is 224 Å². The molecule has 18 rings (SSSR count). The summed E-state index contributed by atoms with van der Waals surface area (Å²) >= 11 is 3.55. The molecule has 0 radical (unpaired) electrons. The summed E-state index contributed by atoms with van der Waals surface area (Å²) in [6, 6.07) is 36.2. The number of nitrogen functional groups attached to an aromatic ring is 6. The van der Waals surface area contributed by atoms with E-state index in [0.29, 0.717) is 63.6 Å². The molecular formula is C104H132BrN25O3. The van der Waals surface area contributed by atoms with Gasteiger partial charge in [-0.3, -0.25) is 9.59 Å². The van der Waals surface area contributed by atoms with Gasteiger partial charge in [-0.1, -0.05) is 166 Å². The lowest BCUT2D eigenvalue weighted by Crippen LogP contribution is -2.07. The second-order valence-electron chi connectivity index (χ2n) is 34.4. The molecule has 133 heavy (non-hydrogen) atoms. The van der Waals surface area contributed by atoms with E-state index in [1.165, 1.54) is 36.5 Å². The first-order chi connectivity index (χ1) is 64.2. The van der Waals surface area contributed by atoms with Gasteiger partial charge in [0.15, 0.2) is 46.5 Å². The molecule has 0 amide bonds. The van der Waals surface area contributed by atoms with Crippen LogP contribution in [0.4, 0.5) is 34.9 Å². The van der Waals surface area contributed by atoms with E-state index in [1.54, 1.807) is 19.1 Å². The molecule has 6 aromatic carbocycles. The van der Waals surface area contributed by atoms with Gasteiger partial charge in [-0.15, -0.1) is 0 Å². The number of ketones is 2. The second-order valence-corrected chi connectivity index (χ2v) is 35.4. The molecule has 0 bridgehead atoms. The van der Waals surface area contributed by atoms with Crippen LogP contribution in [0.2, 0.25) is 0 Å². The zero-order chi connectivity index (χ0) is 95.2. The van der Waals surface area contributed by atoms with Crippen molar-refractivity contribution in [3.05, 3.63) is 176 Å². The van der Waals surface area contributed by atoms with Crippen molar-refractivity contribution in [2.24, 2.45) is 5.73 Å². The first kappa shape index (κ1) is 97.7. The van der Waals surface area contributed by atoms with Crippen molar-refractivity contribution in [1.29, 1.82) is 0 Å². The predicted octanol–water partition coefficient (Wildman–Crippen LogP) is 21.6. The average molecular weight is 1860 g/mol. The molecular weight excluding hydrogens is 1730 g/mol. The number of nitrogens with two attached hydrogens (primary N) is 7. The molecule has 29 heteroatoms. The number of pyridine rings is 6. The Hall–Kier alpha value is -12.9. The first-order valence-corrected chi connectivity index (χ1v) is 48.4. The number of carbonyl (C=O) groups is 2. The number of hydrogen-bond acceptors (Lipinski definition) is 22. The summed E-state index contributed by atoms with van der Waals surface area (Å²) in [5.74, 6) is 9.24. The van der Waals surface area contributed by atoms with Gasteiger partial charge < -0.3 is 72.6 Å². The largest absolute Gasteiger partial charge is 0.395 e. The van der Waals surface area contributed by atoms with Crippen LogP contribution in [0.1, 0.15) is 239 Å². The van der Waals surface area contributed by atoms with Crippen molar-refractivity contribution >= 4 is 194 Å². The zero-order valence-electron chi connectivity index (χ0n) is 80.2. The van der Waals surface area contributed by atoms with Gasteiger partial charge in [-0.2, -0.15) is 0 Å². The van der Waals surface area contributed by atoms with Crippen LogP contribution in [-0.4, -0.2) is 117 Å². The van der Waals surface area contributed by atoms with Gasteiger partial charge in [0.25, 0.3) is 0 Å². The lowest BCUT2D eigenvalue weighted by Gasteiger charge is -2.10. The fraction of sp³-hybridized carbons (Fsp3) is 0.404. The highest BCUT2D eigenvalue weighted by molar-refractivity contribution is 9.10. The number of unbranched alkanes of at least 4 members (excludes halogenated alkanes) is 6. The molecule has 12 heterocycles. The van der Waals surface area contributed by atoms with Crippen molar-refractivity contribution in [3.63, 3.8) is 0 Å². The number of aryl methyl sites for hydroxylation is 14. The third kappa shape index (κ3) is 20.8. The number of aromatic nitrogens is 18. The Balaban J connectivity index is 0.000000136. The summed E-state index contributed by atoms with van der Waals surface area (Å²) in [5.41, 5.74) is 63.8. The number of Topliss-reactive ketones (excluding diaryl/α,β-unsaturated/α-hetero) is 2. The van der Waals surface area contributed by atoms with Crippen LogP contribution in [0, 0.1) is 20.8 Å². The number of nitrogens with zero attached hydrogens (tertiary/aromatic N) is 18. The Morgan fingerprint density at radius 1 is 0.301 bits per heavy atom. The van der Waals surface area contributed by atoms with Gasteiger partial charge in [0, 0.05) is 126 Å². The summed E-state index contributed by atoms with van der Waals surface area (Å²) in [6.07, 6.45) is 19.7. The number of hydrogen-bond donors (Lipinski definition) is 8. The summed E-state index contributed by atoms with van der Waals surface area (Å²) in [4.78, 5) is 78.7. The van der Waals surface area contributed by atoms with Gasteiger partial charge >= 0.3 is 0 Å². The smallest absolute Gasteiger partial charge is 0.159 e. The van der Waals surface area contributed by atoms with E-state index in [0.717, 1.165) is 308 Å². The highest BCUT2D eigenvalue weighted by Crippen LogP contribution is 2.38. The minimum atomic E-state index is -0.00938. The molecule has 12 aromatic heterocycles. The molecule has 0 saturated heterocycles. The van der Waals surface area contributed by atoms with Crippen molar-refractivity contribution in [1.82, 2.24) is 87.2 Å². The summed E-state index contributed by atoms with van der Waals surface area (Å²) in [5, 5.41) is 15.9. The highest BCUT2D eigenvalue weighted by Gasteiger charge is 2.25. The van der Waals surface area contributed by atoms with Gasteiger partial charge in [-0.25, -0.2) is 59.8 Å². The second kappa shape index (κ2) is 44.1. The van der Waals surface area contributed by atoms with Crippen LogP contribution in [0.15, 0.2) is 114 Å². The van der Waals surface area contributed by atoms with E-state index in [4.69, 9.17) is 65.1 Å². The Kier molecular flexibility index (Phi) is 32.4. The number of anilines is 6. The Morgan fingerprint density at radius 3 is 0.872 bits per heavy atom. The minimum absolute atomic E-state index is 0.00938. The Bertz CT molecular complexity index is 6980. The summed E-state index contributed by atoms with van der Waals surface area (Å²) < 4.78 is 14.6. The quantitative estimate of drug-likeness (QED) is 0.0159. The number of rotatable bonds is 29. The molecule has 15 N–H and O–H groups in total. The predicted molar refractivity (Wildman–Crippen MR) is 554 cm³/mol. The molecule has 0 unspecified atom stereocenters. The average Bonchev–Trinajstić information content (AvgIpc) is 1.64. The van der Waals surface area contributed by atoms with Gasteiger partial charge in [0.05, 0.1) is 72.8 Å². The Morgan fingerprint density at radius 2 is 0.579 bits per heavy atom. The van der Waals surface area contributed by atoms with Crippen LogP contribution in [0.25, 0.3) is 132 Å². The molecule has 0 fully saturated rings. The van der Waals surface area contributed by atoms with Crippen molar-refractivity contribution in [3.8, 4) is 0 Å². The number of aliphatic hydroxyl groups is 1. The lowest BCUT2D eigenvalue weighted by molar-refractivity contribution is 0.100. The highest BCUT2D eigenvalue weighted by atomic mass is 79.9. The van der Waals surface area contributed by atoms with E-state index in [-0.39, 0.29) is 18.2 Å². The summed E-state index contributed by atoms with van der Waals surface area (Å²) in [6.45, 7) is 36.9. The lowest BCUT2D eigenvalue weighted by atomic mass is 10.1. The molecule has 0 aliphatic carbocycles.